The maximum atomic E-state index is 12.7. The molecule has 1 aliphatic rings. The molecule has 1 aliphatic heterocycles. The molecule has 25 heavy (non-hydrogen) atoms. The van der Waals surface area contributed by atoms with Gasteiger partial charge < -0.3 is 10.6 Å². The second kappa shape index (κ2) is 7.37. The van der Waals surface area contributed by atoms with Crippen LogP contribution in [0, 0.1) is 0 Å². The lowest BCUT2D eigenvalue weighted by atomic mass is 10.1. The number of nitrogens with one attached hydrogen (secondary N) is 1. The van der Waals surface area contributed by atoms with Crippen LogP contribution >= 0.6 is 11.3 Å². The summed E-state index contributed by atoms with van der Waals surface area (Å²) >= 11 is 1.62. The van der Waals surface area contributed by atoms with Crippen molar-refractivity contribution in [2.45, 2.75) is 31.8 Å². The zero-order valence-corrected chi connectivity index (χ0v) is 15.3. The number of carbonyl (C=O) groups is 1. The van der Waals surface area contributed by atoms with Crippen LogP contribution in [0.25, 0.3) is 0 Å². The molecule has 2 atom stereocenters. The van der Waals surface area contributed by atoms with Crippen molar-refractivity contribution < 1.29 is 4.79 Å². The Kier molecular flexibility index (Phi) is 5.19. The SMILES string of the molecule is C[C@H](C(=O)N1CC[C@@H](N(C)Cc2cc(=O)[nH]c(N)n2)C1)c1cccs1. The zero-order chi connectivity index (χ0) is 18.0. The van der Waals surface area contributed by atoms with Gasteiger partial charge in [-0.1, -0.05) is 6.07 Å². The first-order chi connectivity index (χ1) is 11.9. The minimum atomic E-state index is -0.246. The summed E-state index contributed by atoms with van der Waals surface area (Å²) < 4.78 is 0. The maximum Gasteiger partial charge on any atom is 0.252 e. The Balaban J connectivity index is 1.60. The standard InChI is InChI=1S/C17H23N5O2S/c1-11(14-4-3-7-25-14)16(24)22-6-5-13(10-22)21(2)9-12-8-15(23)20-17(18)19-12/h3-4,7-8,11,13H,5-6,9-10H2,1-2H3,(H3,18,19,20,23)/t11-,13+/m0/s1. The fraction of sp³-hybridized carbons (Fsp3) is 0.471. The number of likely N-dealkylation sites (N-methyl/N-ethyl adjacent to an activating group) is 1. The molecule has 0 bridgehead atoms. The molecule has 0 saturated carbocycles. The van der Waals surface area contributed by atoms with Gasteiger partial charge in [0, 0.05) is 36.6 Å². The average Bonchev–Trinajstić information content (AvgIpc) is 3.24. The lowest BCUT2D eigenvalue weighted by Crippen LogP contribution is -2.37. The highest BCUT2D eigenvalue weighted by molar-refractivity contribution is 7.10. The molecule has 0 aliphatic carbocycles. The number of rotatable bonds is 5. The molecule has 2 aromatic rings. The molecule has 8 heteroatoms. The van der Waals surface area contributed by atoms with Gasteiger partial charge >= 0.3 is 0 Å². The Morgan fingerprint density at radius 3 is 3.08 bits per heavy atom. The van der Waals surface area contributed by atoms with Crippen molar-refractivity contribution in [3.8, 4) is 0 Å². The van der Waals surface area contributed by atoms with Crippen LogP contribution in [0.3, 0.4) is 0 Å². The number of nitrogen functional groups attached to an aromatic ring is 1. The first-order valence-corrected chi connectivity index (χ1v) is 9.20. The first kappa shape index (κ1) is 17.6. The molecule has 3 heterocycles. The molecule has 0 aromatic carbocycles. The van der Waals surface area contributed by atoms with Crippen LogP contribution in [0.4, 0.5) is 5.95 Å². The number of thiophene rings is 1. The fourth-order valence-corrected chi connectivity index (χ4v) is 4.01. The Hall–Kier alpha value is -2.19. The lowest BCUT2D eigenvalue weighted by molar-refractivity contribution is -0.131. The summed E-state index contributed by atoms with van der Waals surface area (Å²) in [7, 11) is 1.99. The van der Waals surface area contributed by atoms with Crippen molar-refractivity contribution >= 4 is 23.2 Å². The van der Waals surface area contributed by atoms with Gasteiger partial charge in [-0.3, -0.25) is 19.5 Å². The maximum absolute atomic E-state index is 12.7. The van der Waals surface area contributed by atoms with E-state index in [0.29, 0.717) is 18.8 Å². The molecule has 0 unspecified atom stereocenters. The molecule has 0 radical (unpaired) electrons. The summed E-state index contributed by atoms with van der Waals surface area (Å²) in [5.74, 6) is 0.207. The number of nitrogens with zero attached hydrogens (tertiary/aromatic N) is 3. The Labute approximate surface area is 150 Å². The van der Waals surface area contributed by atoms with E-state index >= 15 is 0 Å². The van der Waals surface area contributed by atoms with E-state index < -0.39 is 0 Å². The highest BCUT2D eigenvalue weighted by Crippen LogP contribution is 2.25. The van der Waals surface area contributed by atoms with E-state index in [1.807, 2.05) is 36.4 Å². The van der Waals surface area contributed by atoms with Gasteiger partial charge in [-0.25, -0.2) is 4.98 Å². The van der Waals surface area contributed by atoms with Gasteiger partial charge in [0.25, 0.3) is 5.56 Å². The number of anilines is 1. The summed E-state index contributed by atoms with van der Waals surface area (Å²) in [6, 6.07) is 5.70. The average molecular weight is 361 g/mol. The van der Waals surface area contributed by atoms with Crippen LogP contribution in [0.2, 0.25) is 0 Å². The number of aromatic amines is 1. The van der Waals surface area contributed by atoms with Crippen LogP contribution in [0.1, 0.15) is 29.8 Å². The highest BCUT2D eigenvalue weighted by atomic mass is 32.1. The Bertz CT molecular complexity index is 789. The summed E-state index contributed by atoms with van der Waals surface area (Å²) in [5, 5.41) is 2.00. The first-order valence-electron chi connectivity index (χ1n) is 8.32. The van der Waals surface area contributed by atoms with Crippen molar-refractivity contribution in [1.29, 1.82) is 0 Å². The molecule has 3 rings (SSSR count). The normalized spacial score (nSPS) is 18.7. The Morgan fingerprint density at radius 1 is 1.60 bits per heavy atom. The summed E-state index contributed by atoms with van der Waals surface area (Å²) in [6.45, 7) is 3.95. The molecule has 7 nitrogen and oxygen atoms in total. The molecular weight excluding hydrogens is 338 g/mol. The van der Waals surface area contributed by atoms with Crippen molar-refractivity contribution in [2.75, 3.05) is 25.9 Å². The monoisotopic (exact) mass is 361 g/mol. The number of H-pyrrole nitrogens is 1. The van der Waals surface area contributed by atoms with Crippen molar-refractivity contribution in [3.05, 3.63) is 44.5 Å². The van der Waals surface area contributed by atoms with E-state index in [1.54, 1.807) is 11.3 Å². The van der Waals surface area contributed by atoms with Gasteiger partial charge in [0.1, 0.15) is 0 Å². The number of likely N-dealkylation sites (tertiary alicyclic amines) is 1. The van der Waals surface area contributed by atoms with Crippen LogP contribution < -0.4 is 11.3 Å². The van der Waals surface area contributed by atoms with Crippen LogP contribution in [0.15, 0.2) is 28.4 Å². The molecule has 134 valence electrons. The van der Waals surface area contributed by atoms with Gasteiger partial charge in [0.15, 0.2) is 0 Å². The second-order valence-electron chi connectivity index (χ2n) is 6.50. The van der Waals surface area contributed by atoms with Crippen molar-refractivity contribution in [2.24, 2.45) is 0 Å². The van der Waals surface area contributed by atoms with E-state index in [2.05, 4.69) is 14.9 Å². The van der Waals surface area contributed by atoms with E-state index in [0.717, 1.165) is 17.8 Å². The quantitative estimate of drug-likeness (QED) is 0.836. The fourth-order valence-electron chi connectivity index (χ4n) is 3.23. The number of carbonyl (C=O) groups excluding carboxylic acids is 1. The molecule has 0 spiro atoms. The zero-order valence-electron chi connectivity index (χ0n) is 14.4. The number of hydrogen-bond donors (Lipinski definition) is 2. The third-order valence-corrected chi connectivity index (χ3v) is 5.72. The van der Waals surface area contributed by atoms with Crippen LogP contribution in [0.5, 0.6) is 0 Å². The van der Waals surface area contributed by atoms with Crippen LogP contribution in [-0.2, 0) is 11.3 Å². The van der Waals surface area contributed by atoms with Gasteiger partial charge in [0.05, 0.1) is 11.6 Å². The van der Waals surface area contributed by atoms with E-state index in [9.17, 15) is 9.59 Å². The summed E-state index contributed by atoms with van der Waals surface area (Å²) in [5.41, 5.74) is 5.99. The van der Waals surface area contributed by atoms with E-state index in [1.165, 1.54) is 6.07 Å². The van der Waals surface area contributed by atoms with Crippen LogP contribution in [-0.4, -0.2) is 51.9 Å². The predicted molar refractivity (Wildman–Crippen MR) is 98.5 cm³/mol. The number of amides is 1. The molecule has 1 fully saturated rings. The smallest absolute Gasteiger partial charge is 0.252 e. The molecular formula is C17H23N5O2S. The molecule has 1 saturated heterocycles. The minimum Gasteiger partial charge on any atom is -0.369 e. The summed E-state index contributed by atoms with van der Waals surface area (Å²) in [4.78, 5) is 36.0. The number of nitrogens with two attached hydrogens (primary N) is 1. The topological polar surface area (TPSA) is 95.3 Å². The number of aromatic nitrogens is 2. The highest BCUT2D eigenvalue weighted by Gasteiger charge is 2.31. The van der Waals surface area contributed by atoms with Crippen molar-refractivity contribution in [3.63, 3.8) is 0 Å². The number of hydrogen-bond acceptors (Lipinski definition) is 6. The molecule has 2 aromatic heterocycles. The Morgan fingerprint density at radius 2 is 2.40 bits per heavy atom. The minimum absolute atomic E-state index is 0.0989. The molecule has 1 amide bonds. The van der Waals surface area contributed by atoms with Gasteiger partial charge in [-0.05, 0) is 31.8 Å². The third-order valence-electron chi connectivity index (χ3n) is 4.66. The summed E-state index contributed by atoms with van der Waals surface area (Å²) in [6.07, 6.45) is 0.915. The molecule has 3 N–H and O–H groups in total. The lowest BCUT2D eigenvalue weighted by Gasteiger charge is -2.25. The van der Waals surface area contributed by atoms with E-state index in [4.69, 9.17) is 5.73 Å². The van der Waals surface area contributed by atoms with Gasteiger partial charge in [-0.15, -0.1) is 11.3 Å². The van der Waals surface area contributed by atoms with E-state index in [-0.39, 0.29) is 29.4 Å². The predicted octanol–water partition coefficient (Wildman–Crippen LogP) is 1.25. The second-order valence-corrected chi connectivity index (χ2v) is 7.48. The van der Waals surface area contributed by atoms with Crippen molar-refractivity contribution in [1.82, 2.24) is 19.8 Å². The largest absolute Gasteiger partial charge is 0.369 e. The van der Waals surface area contributed by atoms with Gasteiger partial charge in [-0.2, -0.15) is 0 Å². The van der Waals surface area contributed by atoms with Gasteiger partial charge in [0.2, 0.25) is 11.9 Å². The third kappa shape index (κ3) is 4.08.